The van der Waals surface area contributed by atoms with E-state index >= 15 is 0 Å². The maximum atomic E-state index is 12.0. The first-order valence-corrected chi connectivity index (χ1v) is 10.0. The molecule has 0 aliphatic rings. The average Bonchev–Trinajstić information content (AvgIpc) is 3.30. The second-order valence-corrected chi connectivity index (χ2v) is 7.09. The molecule has 0 aliphatic heterocycles. The van der Waals surface area contributed by atoms with E-state index in [0.29, 0.717) is 22.9 Å². The molecule has 0 aliphatic carbocycles. The van der Waals surface area contributed by atoms with E-state index in [4.69, 9.17) is 14.2 Å². The van der Waals surface area contributed by atoms with Crippen LogP contribution in [0, 0.1) is 0 Å². The van der Waals surface area contributed by atoms with Gasteiger partial charge in [-0.2, -0.15) is 0 Å². The highest BCUT2D eigenvalue weighted by Gasteiger charge is 2.10. The lowest BCUT2D eigenvalue weighted by molar-refractivity contribution is -0.123. The van der Waals surface area contributed by atoms with Crippen LogP contribution in [0.3, 0.4) is 0 Å². The van der Waals surface area contributed by atoms with Crippen molar-refractivity contribution in [2.75, 3.05) is 26.9 Å². The number of carbonyl (C=O) groups is 2. The molecule has 1 N–H and O–H groups in total. The number of carbonyl (C=O) groups excluding carboxylic acids is 2. The highest BCUT2D eigenvalue weighted by molar-refractivity contribution is 7.13. The Morgan fingerprint density at radius 2 is 1.93 bits per heavy atom. The Hall–Kier alpha value is -3.46. The lowest BCUT2D eigenvalue weighted by Crippen LogP contribution is -2.32. The molecular formula is C21H21N3O5S. The van der Waals surface area contributed by atoms with E-state index < -0.39 is 0 Å². The van der Waals surface area contributed by atoms with E-state index in [-0.39, 0.29) is 31.4 Å². The number of ketones is 1. The molecule has 0 saturated heterocycles. The van der Waals surface area contributed by atoms with Gasteiger partial charge in [0.1, 0.15) is 12.3 Å². The summed E-state index contributed by atoms with van der Waals surface area (Å²) in [7, 11) is 1.47. The Kier molecular flexibility index (Phi) is 7.34. The van der Waals surface area contributed by atoms with Gasteiger partial charge in [0.2, 0.25) is 5.88 Å². The second-order valence-electron chi connectivity index (χ2n) is 6.14. The number of hydrogen-bond acceptors (Lipinski definition) is 8. The first-order valence-electron chi connectivity index (χ1n) is 9.15. The van der Waals surface area contributed by atoms with Gasteiger partial charge in [-0.15, -0.1) is 21.5 Å². The largest absolute Gasteiger partial charge is 0.493 e. The van der Waals surface area contributed by atoms with Crippen LogP contribution in [0.15, 0.2) is 47.8 Å². The predicted octanol–water partition coefficient (Wildman–Crippen LogP) is 2.99. The molecule has 0 bridgehead atoms. The molecule has 156 valence electrons. The van der Waals surface area contributed by atoms with Crippen LogP contribution in [0.2, 0.25) is 0 Å². The van der Waals surface area contributed by atoms with Gasteiger partial charge in [0.05, 0.1) is 18.5 Å². The van der Waals surface area contributed by atoms with Gasteiger partial charge < -0.3 is 19.5 Å². The molecule has 0 radical (unpaired) electrons. The number of hydrogen-bond donors (Lipinski definition) is 1. The lowest BCUT2D eigenvalue weighted by Gasteiger charge is -2.12. The number of benzene rings is 1. The number of Topliss-reactive ketones (excluding diaryl/α,β-unsaturated/α-hetero) is 1. The van der Waals surface area contributed by atoms with Crippen LogP contribution in [-0.2, 0) is 4.79 Å². The summed E-state index contributed by atoms with van der Waals surface area (Å²) in [6.45, 7) is 1.81. The summed E-state index contributed by atoms with van der Waals surface area (Å²) in [4.78, 5) is 24.4. The Labute approximate surface area is 177 Å². The van der Waals surface area contributed by atoms with Crippen molar-refractivity contribution in [2.45, 2.75) is 6.92 Å². The van der Waals surface area contributed by atoms with Crippen molar-refractivity contribution in [1.82, 2.24) is 15.5 Å². The molecule has 2 aromatic heterocycles. The Balaban J connectivity index is 1.39. The van der Waals surface area contributed by atoms with Gasteiger partial charge in [0.15, 0.2) is 23.9 Å². The van der Waals surface area contributed by atoms with Crippen LogP contribution in [0.5, 0.6) is 17.4 Å². The number of amides is 1. The first kappa shape index (κ1) is 21.3. The fourth-order valence-electron chi connectivity index (χ4n) is 2.50. The van der Waals surface area contributed by atoms with Gasteiger partial charge in [0.25, 0.3) is 5.91 Å². The van der Waals surface area contributed by atoms with E-state index in [1.54, 1.807) is 35.6 Å². The monoisotopic (exact) mass is 427 g/mol. The Bertz CT molecular complexity index is 990. The summed E-state index contributed by atoms with van der Waals surface area (Å²) in [5.41, 5.74) is 1.29. The SMILES string of the molecule is COc1cc(C(C)=O)ccc1OCC(=O)NCCOc1ccc(-c2cccs2)nn1. The van der Waals surface area contributed by atoms with Crippen LogP contribution in [0.1, 0.15) is 17.3 Å². The molecule has 0 fully saturated rings. The number of nitrogens with one attached hydrogen (secondary N) is 1. The van der Waals surface area contributed by atoms with Crippen molar-refractivity contribution in [1.29, 1.82) is 0 Å². The summed E-state index contributed by atoms with van der Waals surface area (Å²) in [5, 5.41) is 12.8. The van der Waals surface area contributed by atoms with Crippen LogP contribution >= 0.6 is 11.3 Å². The van der Waals surface area contributed by atoms with E-state index in [1.165, 1.54) is 14.0 Å². The standard InChI is InChI=1S/C21H21N3O5S/c1-14(25)15-5-7-17(18(12-15)27-2)29-13-20(26)22-9-10-28-21-8-6-16(23-24-21)19-4-3-11-30-19/h3-8,11-12H,9-10,13H2,1-2H3,(H,22,26). The van der Waals surface area contributed by atoms with E-state index in [1.807, 2.05) is 23.6 Å². The summed E-state index contributed by atoms with van der Waals surface area (Å²) >= 11 is 1.59. The number of rotatable bonds is 10. The Morgan fingerprint density at radius 1 is 1.07 bits per heavy atom. The van der Waals surface area contributed by atoms with Gasteiger partial charge >= 0.3 is 0 Å². The molecule has 1 aromatic carbocycles. The zero-order valence-corrected chi connectivity index (χ0v) is 17.4. The zero-order chi connectivity index (χ0) is 21.3. The van der Waals surface area contributed by atoms with E-state index in [9.17, 15) is 9.59 Å². The summed E-state index contributed by atoms with van der Waals surface area (Å²) < 4.78 is 16.2. The highest BCUT2D eigenvalue weighted by atomic mass is 32.1. The summed E-state index contributed by atoms with van der Waals surface area (Å²) in [6, 6.07) is 12.3. The Morgan fingerprint density at radius 3 is 2.60 bits per heavy atom. The fourth-order valence-corrected chi connectivity index (χ4v) is 3.19. The highest BCUT2D eigenvalue weighted by Crippen LogP contribution is 2.28. The van der Waals surface area contributed by atoms with Crippen LogP contribution in [0.25, 0.3) is 10.6 Å². The molecule has 3 rings (SSSR count). The maximum absolute atomic E-state index is 12.0. The van der Waals surface area contributed by atoms with Crippen molar-refractivity contribution >= 4 is 23.0 Å². The van der Waals surface area contributed by atoms with Crippen molar-refractivity contribution in [3.05, 3.63) is 53.4 Å². The van der Waals surface area contributed by atoms with Crippen LogP contribution in [-0.4, -0.2) is 48.8 Å². The second kappa shape index (κ2) is 10.4. The number of methoxy groups -OCH3 is 1. The molecule has 0 unspecified atom stereocenters. The maximum Gasteiger partial charge on any atom is 0.258 e. The van der Waals surface area contributed by atoms with E-state index in [2.05, 4.69) is 15.5 Å². The quantitative estimate of drug-likeness (QED) is 0.392. The first-order chi connectivity index (χ1) is 14.6. The normalized spacial score (nSPS) is 10.3. The molecule has 1 amide bonds. The minimum atomic E-state index is -0.310. The van der Waals surface area contributed by atoms with Crippen molar-refractivity contribution < 1.29 is 23.8 Å². The molecule has 8 nitrogen and oxygen atoms in total. The smallest absolute Gasteiger partial charge is 0.258 e. The average molecular weight is 427 g/mol. The molecule has 0 saturated carbocycles. The van der Waals surface area contributed by atoms with Crippen molar-refractivity contribution in [2.24, 2.45) is 0 Å². The van der Waals surface area contributed by atoms with Crippen LogP contribution < -0.4 is 19.5 Å². The summed E-state index contributed by atoms with van der Waals surface area (Å²) in [5.74, 6) is 0.772. The third-order valence-corrected chi connectivity index (χ3v) is 4.91. The molecule has 0 atom stereocenters. The van der Waals surface area contributed by atoms with E-state index in [0.717, 1.165) is 10.6 Å². The molecular weight excluding hydrogens is 406 g/mol. The number of aromatic nitrogens is 2. The summed E-state index contributed by atoms with van der Waals surface area (Å²) in [6.07, 6.45) is 0. The van der Waals surface area contributed by atoms with Crippen LogP contribution in [0.4, 0.5) is 0 Å². The molecule has 30 heavy (non-hydrogen) atoms. The van der Waals surface area contributed by atoms with Crippen molar-refractivity contribution in [3.63, 3.8) is 0 Å². The zero-order valence-electron chi connectivity index (χ0n) is 16.6. The van der Waals surface area contributed by atoms with Gasteiger partial charge in [-0.1, -0.05) is 6.07 Å². The number of ether oxygens (including phenoxy) is 3. The van der Waals surface area contributed by atoms with Gasteiger partial charge in [-0.05, 0) is 42.6 Å². The van der Waals surface area contributed by atoms with Gasteiger partial charge in [-0.3, -0.25) is 9.59 Å². The molecule has 3 aromatic rings. The molecule has 2 heterocycles. The minimum absolute atomic E-state index is 0.0801. The molecule has 9 heteroatoms. The predicted molar refractivity (Wildman–Crippen MR) is 112 cm³/mol. The topological polar surface area (TPSA) is 99.6 Å². The fraction of sp³-hybridized carbons (Fsp3) is 0.238. The molecule has 0 spiro atoms. The van der Waals surface area contributed by atoms with Crippen molar-refractivity contribution in [3.8, 4) is 28.0 Å². The number of thiophene rings is 1. The lowest BCUT2D eigenvalue weighted by atomic mass is 10.1. The van der Waals surface area contributed by atoms with Gasteiger partial charge in [0, 0.05) is 11.6 Å². The van der Waals surface area contributed by atoms with Gasteiger partial charge in [-0.25, -0.2) is 0 Å². The minimum Gasteiger partial charge on any atom is -0.493 e. The third kappa shape index (κ3) is 5.77. The third-order valence-electron chi connectivity index (χ3n) is 4.02. The number of nitrogens with zero attached hydrogens (tertiary/aromatic N) is 2.